The fourth-order valence-corrected chi connectivity index (χ4v) is 4.37. The Hall–Kier alpha value is -2.38. The monoisotopic (exact) mass is 487 g/mol. The van der Waals surface area contributed by atoms with Gasteiger partial charge in [-0.2, -0.15) is 0 Å². The number of nitrogens with zero attached hydrogens (tertiary/aromatic N) is 2. The van der Waals surface area contributed by atoms with Crippen LogP contribution < -0.4 is 5.32 Å². The highest BCUT2D eigenvalue weighted by Crippen LogP contribution is 2.28. The van der Waals surface area contributed by atoms with Gasteiger partial charge in [0.05, 0.1) is 12.6 Å². The van der Waals surface area contributed by atoms with Crippen LogP contribution in [0.4, 0.5) is 0 Å². The molecule has 174 valence electrons. The third-order valence-corrected chi connectivity index (χ3v) is 6.44. The molecule has 0 spiro atoms. The molecule has 2 atom stereocenters. The molecule has 2 heterocycles. The molecule has 6 nitrogen and oxygen atoms in total. The molecule has 1 aliphatic heterocycles. The molecule has 1 fully saturated rings. The molecule has 1 saturated heterocycles. The highest BCUT2D eigenvalue weighted by molar-refractivity contribution is 6.35. The Labute approximate surface area is 203 Å². The van der Waals surface area contributed by atoms with Crippen molar-refractivity contribution in [3.63, 3.8) is 0 Å². The SMILES string of the molecule is C[C@H](c1ccccc1)N(Cc1nc(C(=O)NC[C@@H]2CCCO2)co1)Cc1ccc(Cl)cc1Cl. The maximum atomic E-state index is 12.5. The van der Waals surface area contributed by atoms with Crippen LogP contribution in [0.2, 0.25) is 10.0 Å². The van der Waals surface area contributed by atoms with Gasteiger partial charge in [-0.25, -0.2) is 4.98 Å². The molecule has 33 heavy (non-hydrogen) atoms. The maximum Gasteiger partial charge on any atom is 0.273 e. The molecule has 0 bridgehead atoms. The quantitative estimate of drug-likeness (QED) is 0.422. The number of nitrogens with one attached hydrogen (secondary N) is 1. The summed E-state index contributed by atoms with van der Waals surface area (Å²) in [4.78, 5) is 19.1. The Morgan fingerprint density at radius 2 is 2.03 bits per heavy atom. The summed E-state index contributed by atoms with van der Waals surface area (Å²) in [6.45, 7) is 4.33. The number of hydrogen-bond acceptors (Lipinski definition) is 5. The topological polar surface area (TPSA) is 67.6 Å². The first-order chi connectivity index (χ1) is 16.0. The minimum Gasteiger partial charge on any atom is -0.447 e. The van der Waals surface area contributed by atoms with Crippen LogP contribution in [0, 0.1) is 0 Å². The zero-order valence-electron chi connectivity index (χ0n) is 18.5. The minimum absolute atomic E-state index is 0.0571. The van der Waals surface area contributed by atoms with E-state index in [9.17, 15) is 4.79 Å². The molecule has 3 aromatic rings. The normalized spacial score (nSPS) is 16.8. The first kappa shape index (κ1) is 23.8. The average Bonchev–Trinajstić information content (AvgIpc) is 3.51. The predicted molar refractivity (Wildman–Crippen MR) is 128 cm³/mol. The second-order valence-electron chi connectivity index (χ2n) is 8.20. The van der Waals surface area contributed by atoms with E-state index in [1.807, 2.05) is 30.3 Å². The van der Waals surface area contributed by atoms with Gasteiger partial charge in [0, 0.05) is 35.8 Å². The van der Waals surface area contributed by atoms with Gasteiger partial charge in [-0.05, 0) is 43.0 Å². The number of benzene rings is 2. The number of aromatic nitrogens is 1. The summed E-state index contributed by atoms with van der Waals surface area (Å²) in [5, 5.41) is 4.08. The number of rotatable bonds is 9. The zero-order chi connectivity index (χ0) is 23.2. The van der Waals surface area contributed by atoms with Crippen LogP contribution in [-0.2, 0) is 17.8 Å². The summed E-state index contributed by atoms with van der Waals surface area (Å²) < 4.78 is 11.2. The fourth-order valence-electron chi connectivity index (χ4n) is 3.90. The van der Waals surface area contributed by atoms with E-state index in [1.54, 1.807) is 6.07 Å². The first-order valence-electron chi connectivity index (χ1n) is 11.1. The van der Waals surface area contributed by atoms with Crippen molar-refractivity contribution in [3.05, 3.63) is 87.6 Å². The summed E-state index contributed by atoms with van der Waals surface area (Å²) >= 11 is 12.5. The summed E-state index contributed by atoms with van der Waals surface area (Å²) in [7, 11) is 0. The van der Waals surface area contributed by atoms with Crippen LogP contribution in [0.5, 0.6) is 0 Å². The van der Waals surface area contributed by atoms with Gasteiger partial charge in [0.1, 0.15) is 6.26 Å². The summed E-state index contributed by atoms with van der Waals surface area (Å²) in [6, 6.07) is 15.7. The van der Waals surface area contributed by atoms with Gasteiger partial charge in [0.25, 0.3) is 5.91 Å². The average molecular weight is 488 g/mol. The molecule has 0 radical (unpaired) electrons. The molecule has 0 aliphatic carbocycles. The van der Waals surface area contributed by atoms with Gasteiger partial charge in [-0.3, -0.25) is 9.69 Å². The Morgan fingerprint density at radius 1 is 1.21 bits per heavy atom. The summed E-state index contributed by atoms with van der Waals surface area (Å²) in [5.74, 6) is 0.203. The molecular formula is C25H27Cl2N3O3. The number of carbonyl (C=O) groups excluding carboxylic acids is 1. The smallest absolute Gasteiger partial charge is 0.273 e. The molecule has 0 saturated carbocycles. The first-order valence-corrected chi connectivity index (χ1v) is 11.8. The number of oxazole rings is 1. The predicted octanol–water partition coefficient (Wildman–Crippen LogP) is 5.65. The highest BCUT2D eigenvalue weighted by atomic mass is 35.5. The third-order valence-electron chi connectivity index (χ3n) is 5.86. The second-order valence-corrected chi connectivity index (χ2v) is 9.04. The van der Waals surface area contributed by atoms with Crippen LogP contribution in [-0.4, -0.2) is 35.0 Å². The van der Waals surface area contributed by atoms with Crippen LogP contribution in [0.1, 0.15) is 53.3 Å². The Bertz CT molecular complexity index is 1070. The lowest BCUT2D eigenvalue weighted by Crippen LogP contribution is -2.32. The second kappa shape index (κ2) is 11.2. The molecule has 1 aliphatic rings. The molecular weight excluding hydrogens is 461 g/mol. The lowest BCUT2D eigenvalue weighted by atomic mass is 10.1. The van der Waals surface area contributed by atoms with Gasteiger partial charge in [0.2, 0.25) is 5.89 Å². The standard InChI is InChI=1S/C25H27Cl2N3O3/c1-17(18-6-3-2-4-7-18)30(14-19-9-10-20(26)12-22(19)27)15-24-29-23(16-33-24)25(31)28-13-21-8-5-11-32-21/h2-4,6-7,9-10,12,16-17,21H,5,8,11,13-15H2,1H3,(H,28,31)/t17-,21+/m1/s1. The number of carbonyl (C=O) groups is 1. The van der Waals surface area contributed by atoms with Crippen molar-refractivity contribution in [2.75, 3.05) is 13.2 Å². The van der Waals surface area contributed by atoms with Crippen molar-refractivity contribution < 1.29 is 13.9 Å². The molecule has 1 amide bonds. The molecule has 2 aromatic carbocycles. The number of ether oxygens (including phenoxy) is 1. The van der Waals surface area contributed by atoms with Crippen molar-refractivity contribution >= 4 is 29.1 Å². The van der Waals surface area contributed by atoms with E-state index in [4.69, 9.17) is 32.4 Å². The van der Waals surface area contributed by atoms with Gasteiger partial charge in [0.15, 0.2) is 5.69 Å². The van der Waals surface area contributed by atoms with Crippen LogP contribution in [0.25, 0.3) is 0 Å². The number of amides is 1. The minimum atomic E-state index is -0.260. The van der Waals surface area contributed by atoms with Gasteiger partial charge < -0.3 is 14.5 Å². The van der Waals surface area contributed by atoms with Gasteiger partial charge in [-0.1, -0.05) is 59.6 Å². The van der Waals surface area contributed by atoms with Crippen molar-refractivity contribution in [2.24, 2.45) is 0 Å². The largest absolute Gasteiger partial charge is 0.447 e. The summed E-state index contributed by atoms with van der Waals surface area (Å²) in [5.41, 5.74) is 2.37. The van der Waals surface area contributed by atoms with Crippen LogP contribution >= 0.6 is 23.2 Å². The van der Waals surface area contributed by atoms with Gasteiger partial charge >= 0.3 is 0 Å². The van der Waals surface area contributed by atoms with Crippen molar-refractivity contribution in [1.82, 2.24) is 15.2 Å². The Kier molecular flexibility index (Phi) is 8.04. The van der Waals surface area contributed by atoms with Crippen molar-refractivity contribution in [2.45, 2.75) is 45.0 Å². The van der Waals surface area contributed by atoms with Gasteiger partial charge in [-0.15, -0.1) is 0 Å². The Morgan fingerprint density at radius 3 is 2.76 bits per heavy atom. The zero-order valence-corrected chi connectivity index (χ0v) is 20.0. The fraction of sp³-hybridized carbons (Fsp3) is 0.360. The van der Waals surface area contributed by atoms with Crippen LogP contribution in [0.3, 0.4) is 0 Å². The van der Waals surface area contributed by atoms with E-state index < -0.39 is 0 Å². The van der Waals surface area contributed by atoms with E-state index >= 15 is 0 Å². The van der Waals surface area contributed by atoms with E-state index in [-0.39, 0.29) is 23.7 Å². The maximum absolute atomic E-state index is 12.5. The third kappa shape index (κ3) is 6.36. The van der Waals surface area contributed by atoms with Crippen molar-refractivity contribution in [1.29, 1.82) is 0 Å². The lowest BCUT2D eigenvalue weighted by molar-refractivity contribution is 0.0853. The lowest BCUT2D eigenvalue weighted by Gasteiger charge is -2.28. The van der Waals surface area contributed by atoms with Crippen molar-refractivity contribution in [3.8, 4) is 0 Å². The van der Waals surface area contributed by atoms with E-state index in [0.717, 1.165) is 30.6 Å². The Balaban J connectivity index is 1.48. The van der Waals surface area contributed by atoms with E-state index in [1.165, 1.54) is 6.26 Å². The van der Waals surface area contributed by atoms with Crippen LogP contribution in [0.15, 0.2) is 59.2 Å². The molecule has 8 heteroatoms. The highest BCUT2D eigenvalue weighted by Gasteiger charge is 2.22. The van der Waals surface area contributed by atoms with E-state index in [2.05, 4.69) is 34.3 Å². The molecule has 1 aromatic heterocycles. The summed E-state index contributed by atoms with van der Waals surface area (Å²) in [6.07, 6.45) is 3.47. The number of halogens is 2. The molecule has 4 rings (SSSR count). The molecule has 1 N–H and O–H groups in total. The molecule has 0 unspecified atom stereocenters. The van der Waals surface area contributed by atoms with E-state index in [0.29, 0.717) is 35.6 Å². The number of hydrogen-bond donors (Lipinski definition) is 1.